The van der Waals surface area contributed by atoms with Crippen molar-refractivity contribution in [2.45, 2.75) is 63.2 Å². The van der Waals surface area contributed by atoms with Gasteiger partial charge in [-0.25, -0.2) is 0 Å². The SMILES string of the molecule is CN1CCOC(CN2CCCCC2C2CCCCC2O)C1. The molecule has 4 unspecified atom stereocenters. The van der Waals surface area contributed by atoms with Crippen LogP contribution < -0.4 is 0 Å². The van der Waals surface area contributed by atoms with Gasteiger partial charge in [0.2, 0.25) is 0 Å². The summed E-state index contributed by atoms with van der Waals surface area (Å²) in [7, 11) is 2.19. The van der Waals surface area contributed by atoms with Crippen molar-refractivity contribution >= 4 is 0 Å². The minimum Gasteiger partial charge on any atom is -0.393 e. The summed E-state index contributed by atoms with van der Waals surface area (Å²) >= 11 is 0. The minimum atomic E-state index is -0.0701. The zero-order chi connectivity index (χ0) is 14.7. The first-order valence-corrected chi connectivity index (χ1v) is 8.96. The predicted octanol–water partition coefficient (Wildman–Crippen LogP) is 1.72. The van der Waals surface area contributed by atoms with Crippen molar-refractivity contribution in [3.8, 4) is 0 Å². The highest BCUT2D eigenvalue weighted by molar-refractivity contribution is 4.90. The molecule has 1 saturated carbocycles. The lowest BCUT2D eigenvalue weighted by atomic mass is 9.78. The lowest BCUT2D eigenvalue weighted by Crippen LogP contribution is -2.53. The fourth-order valence-corrected chi connectivity index (χ4v) is 4.56. The Balaban J connectivity index is 1.60. The van der Waals surface area contributed by atoms with Crippen LogP contribution >= 0.6 is 0 Å². The van der Waals surface area contributed by atoms with E-state index in [2.05, 4.69) is 16.8 Å². The number of aliphatic hydroxyl groups is 1. The third kappa shape index (κ3) is 3.98. The Hall–Kier alpha value is -0.160. The van der Waals surface area contributed by atoms with E-state index in [4.69, 9.17) is 4.74 Å². The fourth-order valence-electron chi connectivity index (χ4n) is 4.56. The van der Waals surface area contributed by atoms with Gasteiger partial charge in [0.05, 0.1) is 18.8 Å². The monoisotopic (exact) mass is 296 g/mol. The summed E-state index contributed by atoms with van der Waals surface area (Å²) < 4.78 is 5.97. The van der Waals surface area contributed by atoms with Crippen LogP contribution in [0.25, 0.3) is 0 Å². The van der Waals surface area contributed by atoms with Crippen LogP contribution in [0.1, 0.15) is 44.9 Å². The third-order valence-electron chi connectivity index (χ3n) is 5.72. The highest BCUT2D eigenvalue weighted by Crippen LogP contribution is 2.34. The second kappa shape index (κ2) is 7.40. The summed E-state index contributed by atoms with van der Waals surface area (Å²) in [5.74, 6) is 0.500. The normalized spacial score (nSPS) is 40.3. The summed E-state index contributed by atoms with van der Waals surface area (Å²) in [5.41, 5.74) is 0. The topological polar surface area (TPSA) is 35.9 Å². The number of aliphatic hydroxyl groups excluding tert-OH is 1. The van der Waals surface area contributed by atoms with Crippen molar-refractivity contribution in [1.82, 2.24) is 9.80 Å². The standard InChI is InChI=1S/C17H32N2O2/c1-18-10-11-21-14(12-18)13-19-9-5-4-7-16(19)15-6-2-3-8-17(15)20/h14-17,20H,2-13H2,1H3. The summed E-state index contributed by atoms with van der Waals surface area (Å²) in [4.78, 5) is 5.02. The Morgan fingerprint density at radius 1 is 1.05 bits per heavy atom. The van der Waals surface area contributed by atoms with Gasteiger partial charge in [0, 0.05) is 31.6 Å². The maximum Gasteiger partial charge on any atom is 0.0829 e. The molecule has 1 aliphatic carbocycles. The van der Waals surface area contributed by atoms with E-state index in [1.165, 1.54) is 45.1 Å². The van der Waals surface area contributed by atoms with E-state index in [1.807, 2.05) is 0 Å². The van der Waals surface area contributed by atoms with Crippen LogP contribution in [0.5, 0.6) is 0 Å². The highest BCUT2D eigenvalue weighted by Gasteiger charge is 2.36. The third-order valence-corrected chi connectivity index (χ3v) is 5.72. The van der Waals surface area contributed by atoms with Crippen LogP contribution in [0.4, 0.5) is 0 Å². The van der Waals surface area contributed by atoms with Crippen molar-refractivity contribution in [3.05, 3.63) is 0 Å². The van der Waals surface area contributed by atoms with Gasteiger partial charge in [-0.3, -0.25) is 4.90 Å². The van der Waals surface area contributed by atoms with Crippen LogP contribution in [0.2, 0.25) is 0 Å². The number of piperidine rings is 1. The molecule has 122 valence electrons. The van der Waals surface area contributed by atoms with Crippen molar-refractivity contribution in [1.29, 1.82) is 0 Å². The van der Waals surface area contributed by atoms with Gasteiger partial charge in [-0.2, -0.15) is 0 Å². The quantitative estimate of drug-likeness (QED) is 0.860. The van der Waals surface area contributed by atoms with E-state index in [0.29, 0.717) is 18.1 Å². The molecule has 0 aromatic heterocycles. The lowest BCUT2D eigenvalue weighted by molar-refractivity contribution is -0.0635. The van der Waals surface area contributed by atoms with E-state index in [-0.39, 0.29) is 6.10 Å². The summed E-state index contributed by atoms with van der Waals surface area (Å²) in [6.45, 7) is 5.22. The Morgan fingerprint density at radius 2 is 1.86 bits per heavy atom. The molecule has 4 atom stereocenters. The predicted molar refractivity (Wildman–Crippen MR) is 84.4 cm³/mol. The number of nitrogens with zero attached hydrogens (tertiary/aromatic N) is 2. The Kier molecular flexibility index (Phi) is 5.54. The molecule has 2 aliphatic heterocycles. The van der Waals surface area contributed by atoms with Gasteiger partial charge in [-0.1, -0.05) is 19.3 Å². The van der Waals surface area contributed by atoms with E-state index in [0.717, 1.165) is 32.7 Å². The van der Waals surface area contributed by atoms with Gasteiger partial charge in [0.15, 0.2) is 0 Å². The smallest absolute Gasteiger partial charge is 0.0829 e. The summed E-state index contributed by atoms with van der Waals surface area (Å²) in [6.07, 6.45) is 8.92. The average molecular weight is 296 g/mol. The Morgan fingerprint density at radius 3 is 2.67 bits per heavy atom. The number of hydrogen-bond donors (Lipinski definition) is 1. The van der Waals surface area contributed by atoms with E-state index < -0.39 is 0 Å². The van der Waals surface area contributed by atoms with Crippen LogP contribution in [0.15, 0.2) is 0 Å². The van der Waals surface area contributed by atoms with Crippen LogP contribution in [-0.4, -0.2) is 73.0 Å². The molecule has 0 aromatic carbocycles. The van der Waals surface area contributed by atoms with Crippen LogP contribution in [0, 0.1) is 5.92 Å². The summed E-state index contributed by atoms with van der Waals surface area (Å²) in [5, 5.41) is 10.4. The molecular weight excluding hydrogens is 264 g/mol. The zero-order valence-corrected chi connectivity index (χ0v) is 13.5. The van der Waals surface area contributed by atoms with E-state index >= 15 is 0 Å². The second-order valence-corrected chi connectivity index (χ2v) is 7.33. The number of morpholine rings is 1. The maximum absolute atomic E-state index is 10.4. The van der Waals surface area contributed by atoms with Crippen molar-refractivity contribution < 1.29 is 9.84 Å². The van der Waals surface area contributed by atoms with Crippen molar-refractivity contribution in [3.63, 3.8) is 0 Å². The molecule has 0 bridgehead atoms. The molecule has 0 radical (unpaired) electrons. The van der Waals surface area contributed by atoms with Crippen molar-refractivity contribution in [2.24, 2.45) is 5.92 Å². The molecule has 2 heterocycles. The molecule has 4 nitrogen and oxygen atoms in total. The molecule has 0 spiro atoms. The lowest BCUT2D eigenvalue weighted by Gasteiger charge is -2.45. The first-order chi connectivity index (χ1) is 10.2. The largest absolute Gasteiger partial charge is 0.393 e. The molecular formula is C17H32N2O2. The number of likely N-dealkylation sites (tertiary alicyclic amines) is 1. The van der Waals surface area contributed by atoms with Gasteiger partial charge < -0.3 is 14.7 Å². The molecule has 4 heteroatoms. The molecule has 1 N–H and O–H groups in total. The number of likely N-dealkylation sites (N-methyl/N-ethyl adjacent to an activating group) is 1. The van der Waals surface area contributed by atoms with Gasteiger partial charge in [-0.15, -0.1) is 0 Å². The van der Waals surface area contributed by atoms with Gasteiger partial charge in [-0.05, 0) is 39.3 Å². The van der Waals surface area contributed by atoms with Gasteiger partial charge in [0.25, 0.3) is 0 Å². The maximum atomic E-state index is 10.4. The molecule has 0 amide bonds. The molecule has 3 aliphatic rings. The molecule has 3 fully saturated rings. The summed E-state index contributed by atoms with van der Waals surface area (Å²) in [6, 6.07) is 0.588. The Bertz CT molecular complexity index is 326. The van der Waals surface area contributed by atoms with E-state index in [1.54, 1.807) is 0 Å². The zero-order valence-electron chi connectivity index (χ0n) is 13.5. The molecule has 0 aromatic rings. The number of ether oxygens (including phenoxy) is 1. The van der Waals surface area contributed by atoms with Crippen molar-refractivity contribution in [2.75, 3.05) is 39.8 Å². The average Bonchev–Trinajstić information content (AvgIpc) is 2.49. The number of hydrogen-bond acceptors (Lipinski definition) is 4. The van der Waals surface area contributed by atoms with Gasteiger partial charge >= 0.3 is 0 Å². The first kappa shape index (κ1) is 15.7. The second-order valence-electron chi connectivity index (χ2n) is 7.33. The number of rotatable bonds is 3. The van der Waals surface area contributed by atoms with Crippen LogP contribution in [-0.2, 0) is 4.74 Å². The first-order valence-electron chi connectivity index (χ1n) is 8.96. The molecule has 3 rings (SSSR count). The van der Waals surface area contributed by atoms with Gasteiger partial charge in [0.1, 0.15) is 0 Å². The van der Waals surface area contributed by atoms with E-state index in [9.17, 15) is 5.11 Å². The van der Waals surface area contributed by atoms with Crippen LogP contribution in [0.3, 0.4) is 0 Å². The Labute approximate surface area is 129 Å². The highest BCUT2D eigenvalue weighted by atomic mass is 16.5. The minimum absolute atomic E-state index is 0.0701. The molecule has 21 heavy (non-hydrogen) atoms. The fraction of sp³-hybridized carbons (Fsp3) is 1.00. The molecule has 2 saturated heterocycles.